The Labute approximate surface area is 183 Å². The number of carbonyl (C=O) groups is 2. The Bertz CT molecular complexity index is 1040. The third kappa shape index (κ3) is 4.57. The maximum absolute atomic E-state index is 13.3. The van der Waals surface area contributed by atoms with Gasteiger partial charge >= 0.3 is 0 Å². The topological polar surface area (TPSA) is 74.8 Å². The second-order valence-electron chi connectivity index (χ2n) is 8.26. The molecule has 4 rings (SSSR count). The number of hydrogen-bond acceptors (Lipinski definition) is 4. The van der Waals surface area contributed by atoms with Gasteiger partial charge in [-0.15, -0.1) is 0 Å². The quantitative estimate of drug-likeness (QED) is 0.666. The van der Waals surface area contributed by atoms with E-state index in [4.69, 9.17) is 0 Å². The van der Waals surface area contributed by atoms with Crippen LogP contribution in [0.4, 0.5) is 0 Å². The predicted molar refractivity (Wildman–Crippen MR) is 118 cm³/mol. The molecule has 164 valence electrons. The average Bonchev–Trinajstić information content (AvgIpc) is 2.84. The van der Waals surface area contributed by atoms with E-state index in [0.717, 1.165) is 19.3 Å². The zero-order chi connectivity index (χ0) is 21.8. The highest BCUT2D eigenvalue weighted by Crippen LogP contribution is 2.27. The van der Waals surface area contributed by atoms with Gasteiger partial charge in [-0.05, 0) is 37.8 Å². The van der Waals surface area contributed by atoms with Crippen molar-refractivity contribution in [1.29, 1.82) is 0 Å². The lowest BCUT2D eigenvalue weighted by molar-refractivity contribution is 0.0647. The number of amides is 1. The van der Waals surface area contributed by atoms with Crippen LogP contribution in [0.15, 0.2) is 59.5 Å². The van der Waals surface area contributed by atoms with Gasteiger partial charge in [0.2, 0.25) is 10.0 Å². The van der Waals surface area contributed by atoms with Crippen molar-refractivity contribution < 1.29 is 18.0 Å². The molecule has 0 N–H and O–H groups in total. The molecule has 0 aromatic heterocycles. The van der Waals surface area contributed by atoms with E-state index >= 15 is 0 Å². The number of hydrogen-bond donors (Lipinski definition) is 0. The summed E-state index contributed by atoms with van der Waals surface area (Å²) in [6.45, 7) is 1.88. The van der Waals surface area contributed by atoms with Gasteiger partial charge in [0.25, 0.3) is 5.91 Å². The molecule has 2 aromatic carbocycles. The van der Waals surface area contributed by atoms with E-state index in [1.54, 1.807) is 23.1 Å². The van der Waals surface area contributed by atoms with Crippen molar-refractivity contribution in [3.63, 3.8) is 0 Å². The molecule has 2 aliphatic heterocycles. The fourth-order valence-corrected chi connectivity index (χ4v) is 6.17. The van der Waals surface area contributed by atoms with Crippen LogP contribution in [-0.4, -0.2) is 55.5 Å². The number of likely N-dealkylation sites (tertiary alicyclic amines) is 1. The van der Waals surface area contributed by atoms with Crippen molar-refractivity contribution in [1.82, 2.24) is 9.21 Å². The Balaban J connectivity index is 1.48. The molecular weight excluding hydrogens is 412 g/mol. The molecule has 2 aromatic rings. The minimum atomic E-state index is -3.70. The maximum Gasteiger partial charge on any atom is 0.255 e. The van der Waals surface area contributed by atoms with E-state index < -0.39 is 10.0 Å². The van der Waals surface area contributed by atoms with Crippen LogP contribution in [-0.2, 0) is 10.0 Å². The predicted octanol–water partition coefficient (Wildman–Crippen LogP) is 3.60. The molecule has 0 saturated carbocycles. The summed E-state index contributed by atoms with van der Waals surface area (Å²) in [5.41, 5.74) is 0.922. The summed E-state index contributed by atoms with van der Waals surface area (Å²) in [6.07, 6.45) is 3.89. The molecular formula is C24H28N2O4S. The van der Waals surface area contributed by atoms with Gasteiger partial charge in [-0.2, -0.15) is 4.31 Å². The molecule has 6 nitrogen and oxygen atoms in total. The third-order valence-electron chi connectivity index (χ3n) is 6.26. The molecule has 31 heavy (non-hydrogen) atoms. The highest BCUT2D eigenvalue weighted by Gasteiger charge is 2.33. The van der Waals surface area contributed by atoms with Gasteiger partial charge in [-0.3, -0.25) is 9.59 Å². The summed E-state index contributed by atoms with van der Waals surface area (Å²) in [7, 11) is -3.70. The molecule has 2 aliphatic rings. The number of Topliss-reactive ketones (excluding diaryl/α,β-unsaturated/α-hetero) is 1. The van der Waals surface area contributed by atoms with Crippen LogP contribution in [0.2, 0.25) is 0 Å². The number of rotatable bonds is 5. The lowest BCUT2D eigenvalue weighted by Gasteiger charge is -2.32. The van der Waals surface area contributed by atoms with Crippen LogP contribution in [0, 0.1) is 5.92 Å². The van der Waals surface area contributed by atoms with Gasteiger partial charge in [-0.25, -0.2) is 8.42 Å². The molecule has 0 unspecified atom stereocenters. The second-order valence-corrected chi connectivity index (χ2v) is 10.2. The van der Waals surface area contributed by atoms with Gasteiger partial charge in [0, 0.05) is 37.7 Å². The summed E-state index contributed by atoms with van der Waals surface area (Å²) >= 11 is 0. The van der Waals surface area contributed by atoms with E-state index in [-0.39, 0.29) is 28.1 Å². The molecule has 7 heteroatoms. The van der Waals surface area contributed by atoms with E-state index in [2.05, 4.69) is 0 Å². The lowest BCUT2D eigenvalue weighted by Crippen LogP contribution is -2.41. The summed E-state index contributed by atoms with van der Waals surface area (Å²) in [5, 5.41) is 0. The monoisotopic (exact) mass is 440 g/mol. The van der Waals surface area contributed by atoms with Crippen molar-refractivity contribution in [2.45, 2.75) is 37.0 Å². The molecule has 0 spiro atoms. The summed E-state index contributed by atoms with van der Waals surface area (Å²) in [6, 6.07) is 15.7. The smallest absolute Gasteiger partial charge is 0.255 e. The van der Waals surface area contributed by atoms with Crippen LogP contribution in [0.5, 0.6) is 0 Å². The molecule has 2 heterocycles. The number of piperidine rings is 2. The van der Waals surface area contributed by atoms with Crippen LogP contribution in [0.3, 0.4) is 0 Å². The fourth-order valence-electron chi connectivity index (χ4n) is 4.47. The zero-order valence-corrected chi connectivity index (χ0v) is 18.4. The molecule has 1 amide bonds. The number of nitrogens with zero attached hydrogens (tertiary/aromatic N) is 2. The van der Waals surface area contributed by atoms with E-state index in [1.807, 2.05) is 30.3 Å². The minimum Gasteiger partial charge on any atom is -0.339 e. The lowest BCUT2D eigenvalue weighted by atomic mass is 9.88. The van der Waals surface area contributed by atoms with Crippen LogP contribution < -0.4 is 0 Å². The van der Waals surface area contributed by atoms with Crippen molar-refractivity contribution in [2.75, 3.05) is 26.2 Å². The first kappa shape index (κ1) is 21.7. The summed E-state index contributed by atoms with van der Waals surface area (Å²) in [5.74, 6) is -0.277. The molecule has 0 radical (unpaired) electrons. The number of ketones is 1. The van der Waals surface area contributed by atoms with Crippen molar-refractivity contribution in [3.8, 4) is 0 Å². The van der Waals surface area contributed by atoms with Gasteiger partial charge in [-0.1, -0.05) is 48.9 Å². The van der Waals surface area contributed by atoms with Gasteiger partial charge in [0.05, 0.1) is 10.5 Å². The van der Waals surface area contributed by atoms with E-state index in [0.29, 0.717) is 44.6 Å². The Morgan fingerprint density at radius 3 is 2.06 bits per heavy atom. The van der Waals surface area contributed by atoms with Crippen LogP contribution >= 0.6 is 0 Å². The Morgan fingerprint density at radius 1 is 0.774 bits per heavy atom. The molecule has 2 fully saturated rings. The second kappa shape index (κ2) is 9.32. The average molecular weight is 441 g/mol. The molecule has 0 atom stereocenters. The van der Waals surface area contributed by atoms with Crippen LogP contribution in [0.1, 0.15) is 52.8 Å². The first-order valence-electron chi connectivity index (χ1n) is 11.0. The molecule has 2 saturated heterocycles. The zero-order valence-electron chi connectivity index (χ0n) is 17.6. The number of sulfonamides is 1. The highest BCUT2D eigenvalue weighted by molar-refractivity contribution is 7.89. The number of benzene rings is 2. The highest BCUT2D eigenvalue weighted by atomic mass is 32.2. The normalized spacial score (nSPS) is 18.6. The minimum absolute atomic E-state index is 0.0874. The SMILES string of the molecule is O=C(c1ccccc1)C1CCN(C(=O)c2ccccc2S(=O)(=O)N2CCCCC2)CC1. The Hall–Kier alpha value is -2.51. The van der Waals surface area contributed by atoms with Crippen molar-refractivity contribution in [3.05, 3.63) is 65.7 Å². The maximum atomic E-state index is 13.3. The Morgan fingerprint density at radius 2 is 1.39 bits per heavy atom. The van der Waals surface area contributed by atoms with Crippen molar-refractivity contribution in [2.24, 2.45) is 5.92 Å². The van der Waals surface area contributed by atoms with Crippen LogP contribution in [0.25, 0.3) is 0 Å². The summed E-state index contributed by atoms with van der Waals surface area (Å²) < 4.78 is 27.9. The first-order valence-corrected chi connectivity index (χ1v) is 12.4. The Kier molecular flexibility index (Phi) is 6.53. The van der Waals surface area contributed by atoms with Gasteiger partial charge in [0.15, 0.2) is 5.78 Å². The number of carbonyl (C=O) groups excluding carboxylic acids is 2. The molecule has 0 bridgehead atoms. The largest absolute Gasteiger partial charge is 0.339 e. The molecule has 0 aliphatic carbocycles. The first-order chi connectivity index (χ1) is 15.0. The fraction of sp³-hybridized carbons (Fsp3) is 0.417. The van der Waals surface area contributed by atoms with Crippen molar-refractivity contribution >= 4 is 21.7 Å². The standard InChI is InChI=1S/C24H28N2O4S/c27-23(19-9-3-1-4-10-19)20-13-17-25(18-14-20)24(28)21-11-5-6-12-22(21)31(29,30)26-15-7-2-8-16-26/h1,3-6,9-12,20H,2,7-8,13-18H2. The summed E-state index contributed by atoms with van der Waals surface area (Å²) in [4.78, 5) is 27.7. The van der Waals surface area contributed by atoms with Gasteiger partial charge < -0.3 is 4.90 Å². The van der Waals surface area contributed by atoms with E-state index in [1.165, 1.54) is 10.4 Å². The van der Waals surface area contributed by atoms with Gasteiger partial charge in [0.1, 0.15) is 0 Å². The third-order valence-corrected chi connectivity index (χ3v) is 8.22. The van der Waals surface area contributed by atoms with E-state index in [9.17, 15) is 18.0 Å².